The third-order valence-corrected chi connectivity index (χ3v) is 6.75. The summed E-state index contributed by atoms with van der Waals surface area (Å²) < 4.78 is 96.8. The summed E-state index contributed by atoms with van der Waals surface area (Å²) in [5.74, 6) is -4.02. The number of sulfone groups is 1. The molecule has 2 atom stereocenters. The van der Waals surface area contributed by atoms with Gasteiger partial charge in [-0.15, -0.1) is 0 Å². The Balaban J connectivity index is 1.82. The Morgan fingerprint density at radius 2 is 2.00 bits per heavy atom. The van der Waals surface area contributed by atoms with Gasteiger partial charge < -0.3 is 9.84 Å². The first-order valence-corrected chi connectivity index (χ1v) is 10.1. The lowest BCUT2D eigenvalue weighted by atomic mass is 9.95. The fourth-order valence-corrected chi connectivity index (χ4v) is 4.83. The first-order valence-electron chi connectivity index (χ1n) is 8.65. The second kappa shape index (κ2) is 6.39. The minimum Gasteiger partial charge on any atom is -0.484 e. The number of fused-ring (bicyclic) bond motifs is 2. The van der Waals surface area contributed by atoms with Gasteiger partial charge in [-0.05, 0) is 37.0 Å². The molecular weight excluding hydrogens is 423 g/mol. The van der Waals surface area contributed by atoms with Crippen molar-refractivity contribution in [3.63, 3.8) is 0 Å². The lowest BCUT2D eigenvalue weighted by molar-refractivity contribution is -0.0978. The summed E-state index contributed by atoms with van der Waals surface area (Å²) in [4.78, 5) is -1.39. The number of benzene rings is 1. The summed E-state index contributed by atoms with van der Waals surface area (Å²) in [6.45, 7) is 0. The number of rotatable bonds is 3. The molecule has 6 nitrogen and oxygen atoms in total. The second-order valence-electron chi connectivity index (χ2n) is 7.05. The molecule has 4 rings (SSSR count). The van der Waals surface area contributed by atoms with Crippen LogP contribution < -0.4 is 4.74 Å². The Morgan fingerprint density at radius 3 is 2.69 bits per heavy atom. The van der Waals surface area contributed by atoms with Crippen molar-refractivity contribution in [3.05, 3.63) is 40.7 Å². The zero-order chi connectivity index (χ0) is 21.2. The van der Waals surface area contributed by atoms with Crippen LogP contribution in [0.4, 0.5) is 22.0 Å². The molecule has 0 amide bonds. The zero-order valence-electron chi connectivity index (χ0n) is 14.6. The Kier molecular flexibility index (Phi) is 4.43. The van der Waals surface area contributed by atoms with E-state index in [0.717, 1.165) is 24.5 Å². The monoisotopic (exact) mass is 438 g/mol. The quantitative estimate of drug-likeness (QED) is 0.717. The van der Waals surface area contributed by atoms with E-state index >= 15 is 0 Å². The van der Waals surface area contributed by atoms with Gasteiger partial charge in [0, 0.05) is 17.5 Å². The van der Waals surface area contributed by atoms with Crippen LogP contribution in [0, 0.1) is 0 Å². The number of H-pyrrole nitrogens is 1. The summed E-state index contributed by atoms with van der Waals surface area (Å²) in [5, 5.41) is 16.6. The van der Waals surface area contributed by atoms with E-state index in [2.05, 4.69) is 10.2 Å². The Bertz CT molecular complexity index is 1060. The van der Waals surface area contributed by atoms with Crippen molar-refractivity contribution in [1.82, 2.24) is 10.2 Å². The smallest absolute Gasteiger partial charge is 0.484 e. The van der Waals surface area contributed by atoms with E-state index in [9.17, 15) is 35.5 Å². The highest BCUT2D eigenvalue weighted by Gasteiger charge is 2.55. The van der Waals surface area contributed by atoms with E-state index in [4.69, 9.17) is 4.74 Å². The van der Waals surface area contributed by atoms with Crippen LogP contribution >= 0.6 is 0 Å². The van der Waals surface area contributed by atoms with Gasteiger partial charge in [-0.1, -0.05) is 0 Å². The molecule has 1 aromatic heterocycles. The van der Waals surface area contributed by atoms with Crippen LogP contribution in [0.5, 0.6) is 5.75 Å². The first kappa shape index (κ1) is 20.1. The molecule has 2 aromatic rings. The molecule has 0 unspecified atom stereocenters. The van der Waals surface area contributed by atoms with E-state index in [1.54, 1.807) is 6.20 Å². The van der Waals surface area contributed by atoms with E-state index < -0.39 is 55.9 Å². The number of alkyl halides is 5. The molecule has 2 aliphatic carbocycles. The van der Waals surface area contributed by atoms with Crippen LogP contribution in [-0.2, 0) is 22.7 Å². The van der Waals surface area contributed by atoms with E-state index in [1.807, 2.05) is 0 Å². The van der Waals surface area contributed by atoms with Gasteiger partial charge in [-0.2, -0.15) is 18.3 Å². The number of nitrogens with zero attached hydrogens (tertiary/aromatic N) is 1. The van der Waals surface area contributed by atoms with Crippen LogP contribution in [0.25, 0.3) is 0 Å². The van der Waals surface area contributed by atoms with Gasteiger partial charge in [0.1, 0.15) is 18.0 Å². The number of aromatic amines is 1. The molecule has 0 spiro atoms. The lowest BCUT2D eigenvalue weighted by Crippen LogP contribution is -2.26. The third-order valence-electron chi connectivity index (χ3n) is 5.21. The number of ether oxygens (including phenoxy) is 1. The molecule has 2 aliphatic rings. The molecule has 0 saturated carbocycles. The number of nitrogens with one attached hydrogen (secondary N) is 1. The number of hydrogen-bond acceptors (Lipinski definition) is 5. The normalized spacial score (nSPS) is 23.5. The van der Waals surface area contributed by atoms with Gasteiger partial charge in [0.15, 0.2) is 0 Å². The predicted octanol–water partition coefficient (Wildman–Crippen LogP) is 3.38. The van der Waals surface area contributed by atoms with E-state index in [0.29, 0.717) is 18.2 Å². The average Bonchev–Trinajstić information content (AvgIpc) is 3.18. The maximum absolute atomic E-state index is 14.1. The fraction of sp³-hybridized carbons (Fsp3) is 0.471. The number of aromatic nitrogens is 2. The van der Waals surface area contributed by atoms with Crippen LogP contribution in [-0.4, -0.2) is 35.2 Å². The number of aliphatic hydroxyl groups excluding tert-OH is 1. The second-order valence-corrected chi connectivity index (χ2v) is 8.96. The topological polar surface area (TPSA) is 92.3 Å². The van der Waals surface area contributed by atoms with Gasteiger partial charge in [0.05, 0.1) is 16.8 Å². The highest BCUT2D eigenvalue weighted by molar-refractivity contribution is 7.92. The minimum atomic E-state index is -5.94. The van der Waals surface area contributed by atoms with Crippen LogP contribution in [0.1, 0.15) is 47.4 Å². The lowest BCUT2D eigenvalue weighted by Gasteiger charge is -2.25. The highest BCUT2D eigenvalue weighted by atomic mass is 32.2. The summed E-state index contributed by atoms with van der Waals surface area (Å²) in [7, 11) is -5.94. The van der Waals surface area contributed by atoms with Crippen molar-refractivity contribution in [2.45, 2.75) is 54.2 Å². The summed E-state index contributed by atoms with van der Waals surface area (Å²) in [5.41, 5.74) is -5.61. The van der Waals surface area contributed by atoms with Crippen LogP contribution in [0.3, 0.4) is 0 Å². The largest absolute Gasteiger partial charge is 0.501 e. The molecule has 1 aromatic carbocycles. The van der Waals surface area contributed by atoms with Crippen molar-refractivity contribution in [2.75, 3.05) is 0 Å². The Labute approximate surface area is 161 Å². The van der Waals surface area contributed by atoms with Gasteiger partial charge in [0.2, 0.25) is 0 Å². The summed E-state index contributed by atoms with van der Waals surface area (Å²) in [6, 6.07) is 1.48. The molecular formula is C17H15F5N2O4S. The fourth-order valence-electron chi connectivity index (χ4n) is 3.81. The standard InChI is InChI=1S/C17H15F5N2O4S/c18-16(19)6-9-10(28-11-3-1-2-8-7-23-24-14(8)11)4-5-12(13(9)15(16)25)29(26,27)17(20,21)22/h4-5,7,11,15,25H,1-3,6H2,(H,23,24)/t11-,15-/m0/s1. The zero-order valence-corrected chi connectivity index (χ0v) is 15.4. The Hall–Kier alpha value is -2.21. The molecule has 0 bridgehead atoms. The molecule has 0 aliphatic heterocycles. The van der Waals surface area contributed by atoms with Crippen LogP contribution in [0.15, 0.2) is 23.2 Å². The van der Waals surface area contributed by atoms with Gasteiger partial charge in [0.25, 0.3) is 15.8 Å². The SMILES string of the molecule is O=S(=O)(c1ccc(O[C@H]2CCCc3cn[nH]c32)c2c1[C@H](O)C(F)(F)C2)C(F)(F)F. The number of aliphatic hydroxyl groups is 1. The number of hydrogen-bond donors (Lipinski definition) is 2. The van der Waals surface area contributed by atoms with E-state index in [-0.39, 0.29) is 5.75 Å². The van der Waals surface area contributed by atoms with Crippen molar-refractivity contribution in [1.29, 1.82) is 0 Å². The summed E-state index contributed by atoms with van der Waals surface area (Å²) in [6.07, 6.45) is -0.869. The van der Waals surface area contributed by atoms with Crippen LogP contribution in [0.2, 0.25) is 0 Å². The van der Waals surface area contributed by atoms with Crippen molar-refractivity contribution >= 4 is 9.84 Å². The third kappa shape index (κ3) is 3.08. The maximum Gasteiger partial charge on any atom is 0.501 e. The predicted molar refractivity (Wildman–Crippen MR) is 88.2 cm³/mol. The van der Waals surface area contributed by atoms with Gasteiger partial charge in [-0.25, -0.2) is 17.2 Å². The minimum absolute atomic E-state index is 0.190. The highest BCUT2D eigenvalue weighted by Crippen LogP contribution is 2.51. The average molecular weight is 438 g/mol. The number of halogens is 5. The van der Waals surface area contributed by atoms with Gasteiger partial charge in [-0.3, -0.25) is 5.10 Å². The maximum atomic E-state index is 14.1. The molecule has 158 valence electrons. The molecule has 2 N–H and O–H groups in total. The van der Waals surface area contributed by atoms with Crippen molar-refractivity contribution < 1.29 is 40.2 Å². The van der Waals surface area contributed by atoms with E-state index in [1.165, 1.54) is 0 Å². The number of aryl methyl sites for hydroxylation is 1. The molecule has 29 heavy (non-hydrogen) atoms. The summed E-state index contributed by atoms with van der Waals surface area (Å²) >= 11 is 0. The first-order chi connectivity index (χ1) is 13.4. The molecule has 1 heterocycles. The van der Waals surface area contributed by atoms with Crippen molar-refractivity contribution in [3.8, 4) is 5.75 Å². The molecule has 0 saturated heterocycles. The van der Waals surface area contributed by atoms with Gasteiger partial charge >= 0.3 is 5.51 Å². The molecule has 12 heteroatoms. The molecule has 0 radical (unpaired) electrons. The molecule has 0 fully saturated rings. The Morgan fingerprint density at radius 1 is 1.28 bits per heavy atom. The van der Waals surface area contributed by atoms with Crippen molar-refractivity contribution in [2.24, 2.45) is 0 Å².